The molecular formula is C27H20F3N5O3S. The van der Waals surface area contributed by atoms with Crippen molar-refractivity contribution >= 4 is 21.6 Å². The number of urea groups is 1. The van der Waals surface area contributed by atoms with E-state index in [9.17, 15) is 31.6 Å². The molecule has 1 aliphatic rings. The zero-order valence-electron chi connectivity index (χ0n) is 20.6. The van der Waals surface area contributed by atoms with Crippen molar-refractivity contribution in [3.05, 3.63) is 112 Å². The predicted octanol–water partition coefficient (Wildman–Crippen LogP) is 5.68. The zero-order valence-corrected chi connectivity index (χ0v) is 21.4. The van der Waals surface area contributed by atoms with Gasteiger partial charge in [-0.15, -0.1) is 0 Å². The number of aryl methyl sites for hydroxylation is 1. The summed E-state index contributed by atoms with van der Waals surface area (Å²) in [4.78, 5) is 21.5. The molecule has 0 unspecified atom stereocenters. The third kappa shape index (κ3) is 5.47. The first kappa shape index (κ1) is 27.4. The Morgan fingerprint density at radius 2 is 1.90 bits per heavy atom. The number of amides is 2. The van der Waals surface area contributed by atoms with E-state index in [4.69, 9.17) is 6.57 Å². The Hall–Kier alpha value is -4.68. The third-order valence-electron chi connectivity index (χ3n) is 6.12. The number of allylic oxidation sites excluding steroid dienone is 1. The van der Waals surface area contributed by atoms with Crippen molar-refractivity contribution < 1.29 is 26.4 Å². The summed E-state index contributed by atoms with van der Waals surface area (Å²) in [6, 6.07) is 11.1. The molecule has 0 bridgehead atoms. The fraction of sp³-hybridized carbons (Fsp3) is 0.185. The van der Waals surface area contributed by atoms with E-state index in [0.29, 0.717) is 11.3 Å². The molecule has 4 rings (SSSR count). The zero-order chi connectivity index (χ0) is 28.5. The fourth-order valence-corrected chi connectivity index (χ4v) is 5.84. The lowest BCUT2D eigenvalue weighted by Crippen LogP contribution is -2.46. The van der Waals surface area contributed by atoms with Crippen LogP contribution < -0.4 is 10.2 Å². The van der Waals surface area contributed by atoms with Crippen LogP contribution in [0.1, 0.15) is 40.9 Å². The van der Waals surface area contributed by atoms with Gasteiger partial charge < -0.3 is 5.32 Å². The number of halogens is 3. The van der Waals surface area contributed by atoms with Gasteiger partial charge >= 0.3 is 12.2 Å². The molecule has 2 heterocycles. The van der Waals surface area contributed by atoms with Gasteiger partial charge in [0.2, 0.25) is 5.70 Å². The summed E-state index contributed by atoms with van der Waals surface area (Å²) in [5.41, 5.74) is 0.0553. The molecule has 1 N–H and O–H groups in total. The average molecular weight is 552 g/mol. The number of nitrogens with zero attached hydrogens (tertiary/aromatic N) is 4. The minimum Gasteiger partial charge on any atom is -0.335 e. The molecule has 2 aromatic carbocycles. The Kier molecular flexibility index (Phi) is 7.18. The number of alkyl halides is 3. The lowest BCUT2D eigenvalue weighted by atomic mass is 9.99. The summed E-state index contributed by atoms with van der Waals surface area (Å²) >= 11 is 0. The van der Waals surface area contributed by atoms with Crippen LogP contribution in [0, 0.1) is 24.8 Å². The SMILES string of the molecule is [C-]#[N+]C1=C(C)N(c2cccc(C(F)(F)F)c2)C(=O)N[C@@H]1c1ccc(C#N)cc1S(=O)(=O)Cc1ccc(C)nc1. The second-order valence-electron chi connectivity index (χ2n) is 8.78. The number of pyridine rings is 1. The Labute approximate surface area is 222 Å². The van der Waals surface area contributed by atoms with Crippen molar-refractivity contribution in [2.45, 2.75) is 36.7 Å². The first-order valence-electron chi connectivity index (χ1n) is 11.4. The molecule has 8 nitrogen and oxygen atoms in total. The molecule has 12 heteroatoms. The molecule has 198 valence electrons. The van der Waals surface area contributed by atoms with Crippen LogP contribution >= 0.6 is 0 Å². The first-order chi connectivity index (χ1) is 18.4. The molecule has 1 atom stereocenters. The van der Waals surface area contributed by atoms with Crippen LogP contribution in [0.2, 0.25) is 0 Å². The van der Waals surface area contributed by atoms with E-state index in [1.54, 1.807) is 19.1 Å². The maximum atomic E-state index is 13.5. The molecule has 39 heavy (non-hydrogen) atoms. The Morgan fingerprint density at radius 3 is 2.51 bits per heavy atom. The van der Waals surface area contributed by atoms with E-state index in [2.05, 4.69) is 15.1 Å². The van der Waals surface area contributed by atoms with Gasteiger partial charge in [0.15, 0.2) is 9.84 Å². The van der Waals surface area contributed by atoms with E-state index in [1.165, 1.54) is 37.4 Å². The van der Waals surface area contributed by atoms with E-state index >= 15 is 0 Å². The monoisotopic (exact) mass is 551 g/mol. The number of benzene rings is 2. The number of hydrogen-bond acceptors (Lipinski definition) is 5. The highest BCUT2D eigenvalue weighted by atomic mass is 32.2. The molecule has 1 aliphatic heterocycles. The Morgan fingerprint density at radius 1 is 1.15 bits per heavy atom. The minimum atomic E-state index is -4.65. The van der Waals surface area contributed by atoms with Gasteiger partial charge in [0.1, 0.15) is 0 Å². The van der Waals surface area contributed by atoms with Crippen molar-refractivity contribution in [3.63, 3.8) is 0 Å². The number of aromatic nitrogens is 1. The standard InChI is InChI=1S/C27H20F3N5O3S/c1-16-7-8-19(14-33-16)15-39(37,38)23-11-18(13-31)9-10-22(23)25-24(32-3)17(2)35(26(36)34-25)21-6-4-5-20(12-21)27(28,29)30/h4-12,14,25H,15H2,1-2H3,(H,34,36)/t25-/m1/s1. The van der Waals surface area contributed by atoms with E-state index in [0.717, 1.165) is 23.1 Å². The maximum Gasteiger partial charge on any atom is 0.416 e. The van der Waals surface area contributed by atoms with Crippen molar-refractivity contribution in [1.82, 2.24) is 10.3 Å². The van der Waals surface area contributed by atoms with Crippen molar-refractivity contribution in [3.8, 4) is 6.07 Å². The van der Waals surface area contributed by atoms with Gasteiger partial charge in [-0.1, -0.05) is 18.2 Å². The normalized spacial score (nSPS) is 15.9. The van der Waals surface area contributed by atoms with Crippen molar-refractivity contribution in [2.75, 3.05) is 4.90 Å². The minimum absolute atomic E-state index is 0.0357. The van der Waals surface area contributed by atoms with Gasteiger partial charge in [0.05, 0.1) is 40.5 Å². The molecule has 1 aromatic heterocycles. The average Bonchev–Trinajstić information content (AvgIpc) is 2.89. The summed E-state index contributed by atoms with van der Waals surface area (Å²) in [5, 5.41) is 12.0. The third-order valence-corrected chi connectivity index (χ3v) is 7.86. The lowest BCUT2D eigenvalue weighted by molar-refractivity contribution is -0.137. The molecule has 0 saturated heterocycles. The van der Waals surface area contributed by atoms with Gasteiger partial charge in [-0.25, -0.2) is 18.1 Å². The highest BCUT2D eigenvalue weighted by Crippen LogP contribution is 2.39. The molecule has 0 radical (unpaired) electrons. The summed E-state index contributed by atoms with van der Waals surface area (Å²) in [7, 11) is -4.10. The quantitative estimate of drug-likeness (QED) is 0.411. The van der Waals surface area contributed by atoms with Crippen molar-refractivity contribution in [2.24, 2.45) is 0 Å². The predicted molar refractivity (Wildman–Crippen MR) is 136 cm³/mol. The summed E-state index contributed by atoms with van der Waals surface area (Å²) < 4.78 is 66.9. The fourth-order valence-electron chi connectivity index (χ4n) is 4.23. The highest BCUT2D eigenvalue weighted by Gasteiger charge is 2.38. The summed E-state index contributed by atoms with van der Waals surface area (Å²) in [6.45, 7) is 10.9. The number of sulfone groups is 1. The molecule has 3 aromatic rings. The first-order valence-corrected chi connectivity index (χ1v) is 13.1. The van der Waals surface area contributed by atoms with Crippen LogP contribution in [-0.4, -0.2) is 19.4 Å². The van der Waals surface area contributed by atoms with Gasteiger partial charge in [-0.05, 0) is 61.4 Å². The van der Waals surface area contributed by atoms with E-state index in [1.807, 2.05) is 6.07 Å². The number of anilines is 1. The Balaban J connectivity index is 1.83. The van der Waals surface area contributed by atoms with Crippen molar-refractivity contribution in [1.29, 1.82) is 5.26 Å². The number of nitrogens with one attached hydrogen (secondary N) is 1. The maximum absolute atomic E-state index is 13.5. The second kappa shape index (κ2) is 10.2. The largest absolute Gasteiger partial charge is 0.416 e. The smallest absolute Gasteiger partial charge is 0.335 e. The van der Waals surface area contributed by atoms with Gasteiger partial charge in [-0.3, -0.25) is 9.88 Å². The lowest BCUT2D eigenvalue weighted by Gasteiger charge is -2.34. The van der Waals surface area contributed by atoms with Crippen LogP contribution in [0.25, 0.3) is 4.85 Å². The topological polar surface area (TPSA) is 108 Å². The van der Waals surface area contributed by atoms with Gasteiger partial charge in [0.25, 0.3) is 0 Å². The highest BCUT2D eigenvalue weighted by molar-refractivity contribution is 7.90. The number of hydrogen-bond donors (Lipinski definition) is 1. The number of carbonyl (C=O) groups excluding carboxylic acids is 1. The van der Waals surface area contributed by atoms with E-state index < -0.39 is 39.4 Å². The molecule has 0 spiro atoms. The van der Waals surface area contributed by atoms with Crippen LogP contribution in [-0.2, 0) is 21.8 Å². The van der Waals surface area contributed by atoms with Crippen LogP contribution in [0.3, 0.4) is 0 Å². The number of nitriles is 1. The molecule has 0 fully saturated rings. The van der Waals surface area contributed by atoms with Crippen LogP contribution in [0.5, 0.6) is 0 Å². The molecule has 2 amide bonds. The van der Waals surface area contributed by atoms with Crippen LogP contribution in [0.15, 0.2) is 77.1 Å². The summed E-state index contributed by atoms with van der Waals surface area (Å²) in [5.74, 6) is -0.449. The summed E-state index contributed by atoms with van der Waals surface area (Å²) in [6.07, 6.45) is -3.23. The van der Waals surface area contributed by atoms with Gasteiger partial charge in [0, 0.05) is 23.3 Å². The molecular weight excluding hydrogens is 531 g/mol. The number of rotatable bonds is 5. The van der Waals surface area contributed by atoms with Crippen LogP contribution in [0.4, 0.5) is 23.7 Å². The molecule has 0 aliphatic carbocycles. The van der Waals surface area contributed by atoms with E-state index in [-0.39, 0.29) is 33.1 Å². The number of carbonyl (C=O) groups is 1. The second-order valence-corrected chi connectivity index (χ2v) is 10.7. The van der Waals surface area contributed by atoms with Gasteiger partial charge in [-0.2, -0.15) is 18.4 Å². The Bertz CT molecular complexity index is 1690. The molecule has 0 saturated carbocycles.